The van der Waals surface area contributed by atoms with E-state index in [0.717, 1.165) is 28.1 Å². The average Bonchev–Trinajstić information content (AvgIpc) is 3.13. The Morgan fingerprint density at radius 1 is 0.935 bits per heavy atom. The molecule has 3 aromatic carbocycles. The molecule has 1 saturated heterocycles. The lowest BCUT2D eigenvalue weighted by atomic mass is 10.1. The smallest absolute Gasteiger partial charge is 0.229 e. The number of amides is 2. The molecule has 0 bridgehead atoms. The van der Waals surface area contributed by atoms with E-state index in [1.54, 1.807) is 4.90 Å². The van der Waals surface area contributed by atoms with Crippen LogP contribution in [0.5, 0.6) is 11.5 Å². The summed E-state index contributed by atoms with van der Waals surface area (Å²) < 4.78 is 5.85. The number of nitrogens with zero attached hydrogens (tertiary/aromatic N) is 1. The SMILES string of the molecule is Cc1cccc(Oc2ccc(NC(=O)[C@H]3CC(=O)N(c4cc(C)ccc4C)C3)cc2)c1. The summed E-state index contributed by atoms with van der Waals surface area (Å²) in [6.07, 6.45) is 0.216. The lowest BCUT2D eigenvalue weighted by Crippen LogP contribution is -2.28. The molecule has 1 aliphatic heterocycles. The van der Waals surface area contributed by atoms with E-state index in [4.69, 9.17) is 4.74 Å². The lowest BCUT2D eigenvalue weighted by Gasteiger charge is -2.19. The summed E-state index contributed by atoms with van der Waals surface area (Å²) in [5, 5.41) is 2.93. The number of carbonyl (C=O) groups is 2. The summed E-state index contributed by atoms with van der Waals surface area (Å²) in [5.41, 5.74) is 4.82. The molecule has 158 valence electrons. The van der Waals surface area contributed by atoms with Crippen molar-refractivity contribution in [2.24, 2.45) is 5.92 Å². The van der Waals surface area contributed by atoms with Crippen molar-refractivity contribution < 1.29 is 14.3 Å². The first-order valence-electron chi connectivity index (χ1n) is 10.4. The summed E-state index contributed by atoms with van der Waals surface area (Å²) in [5.74, 6) is 0.924. The van der Waals surface area contributed by atoms with Gasteiger partial charge in [0, 0.05) is 24.3 Å². The molecular formula is C26H26N2O3. The Hall–Kier alpha value is -3.60. The molecule has 0 unspecified atom stereocenters. The molecule has 1 heterocycles. The van der Waals surface area contributed by atoms with Gasteiger partial charge in [-0.3, -0.25) is 9.59 Å². The van der Waals surface area contributed by atoms with Gasteiger partial charge in [-0.1, -0.05) is 24.3 Å². The predicted octanol–water partition coefficient (Wildman–Crippen LogP) is 5.40. The largest absolute Gasteiger partial charge is 0.457 e. The fraction of sp³-hybridized carbons (Fsp3) is 0.231. The topological polar surface area (TPSA) is 58.6 Å². The van der Waals surface area contributed by atoms with Crippen LogP contribution in [0, 0.1) is 26.7 Å². The molecule has 0 aromatic heterocycles. The van der Waals surface area contributed by atoms with Crippen LogP contribution in [0.15, 0.2) is 66.7 Å². The summed E-state index contributed by atoms with van der Waals surface area (Å²) in [7, 11) is 0. The van der Waals surface area contributed by atoms with Crippen LogP contribution in [0.3, 0.4) is 0 Å². The second-order valence-corrected chi connectivity index (χ2v) is 8.13. The first-order chi connectivity index (χ1) is 14.9. The summed E-state index contributed by atoms with van der Waals surface area (Å²) in [6, 6.07) is 21.1. The van der Waals surface area contributed by atoms with Crippen LogP contribution < -0.4 is 15.0 Å². The van der Waals surface area contributed by atoms with Gasteiger partial charge < -0.3 is 15.0 Å². The quantitative estimate of drug-likeness (QED) is 0.608. The molecule has 0 radical (unpaired) electrons. The minimum absolute atomic E-state index is 0.0178. The van der Waals surface area contributed by atoms with Crippen LogP contribution in [0.25, 0.3) is 0 Å². The van der Waals surface area contributed by atoms with Crippen LogP contribution >= 0.6 is 0 Å². The third-order valence-electron chi connectivity index (χ3n) is 5.50. The van der Waals surface area contributed by atoms with Gasteiger partial charge in [0.05, 0.1) is 5.92 Å². The van der Waals surface area contributed by atoms with Crippen LogP contribution in [0.2, 0.25) is 0 Å². The minimum atomic E-state index is -0.379. The summed E-state index contributed by atoms with van der Waals surface area (Å²) in [6.45, 7) is 6.39. The van der Waals surface area contributed by atoms with E-state index in [1.165, 1.54) is 0 Å². The van der Waals surface area contributed by atoms with E-state index in [2.05, 4.69) is 5.32 Å². The zero-order valence-corrected chi connectivity index (χ0v) is 18.0. The molecule has 1 atom stereocenters. The predicted molar refractivity (Wildman–Crippen MR) is 123 cm³/mol. The Morgan fingerprint density at radius 3 is 2.42 bits per heavy atom. The number of ether oxygens (including phenoxy) is 1. The molecule has 1 N–H and O–H groups in total. The van der Waals surface area contributed by atoms with E-state index in [9.17, 15) is 9.59 Å². The Bertz CT molecular complexity index is 1120. The zero-order chi connectivity index (χ0) is 22.0. The molecule has 0 spiro atoms. The Labute approximate surface area is 182 Å². The highest BCUT2D eigenvalue weighted by molar-refractivity contribution is 6.03. The average molecular weight is 415 g/mol. The minimum Gasteiger partial charge on any atom is -0.457 e. The first kappa shape index (κ1) is 20.7. The van der Waals surface area contributed by atoms with Crippen molar-refractivity contribution in [3.8, 4) is 11.5 Å². The highest BCUT2D eigenvalue weighted by atomic mass is 16.5. The van der Waals surface area contributed by atoms with Gasteiger partial charge in [-0.2, -0.15) is 0 Å². The fourth-order valence-electron chi connectivity index (χ4n) is 3.79. The second-order valence-electron chi connectivity index (χ2n) is 8.13. The molecule has 1 fully saturated rings. The van der Waals surface area contributed by atoms with E-state index >= 15 is 0 Å². The van der Waals surface area contributed by atoms with E-state index in [1.807, 2.05) is 87.5 Å². The molecule has 31 heavy (non-hydrogen) atoms. The number of aryl methyl sites for hydroxylation is 3. The van der Waals surface area contributed by atoms with Gasteiger partial charge in [0.25, 0.3) is 0 Å². The van der Waals surface area contributed by atoms with Gasteiger partial charge in [0.15, 0.2) is 0 Å². The molecule has 0 aliphatic carbocycles. The molecule has 0 saturated carbocycles. The highest BCUT2D eigenvalue weighted by Crippen LogP contribution is 2.30. The van der Waals surface area contributed by atoms with E-state index in [0.29, 0.717) is 18.0 Å². The van der Waals surface area contributed by atoms with Gasteiger partial charge in [0.2, 0.25) is 11.8 Å². The van der Waals surface area contributed by atoms with E-state index in [-0.39, 0.29) is 24.2 Å². The molecule has 4 rings (SSSR count). The van der Waals surface area contributed by atoms with Crippen LogP contribution in [-0.4, -0.2) is 18.4 Å². The molecule has 5 heteroatoms. The van der Waals surface area contributed by atoms with Crippen LogP contribution in [0.1, 0.15) is 23.1 Å². The van der Waals surface area contributed by atoms with Crippen molar-refractivity contribution in [2.45, 2.75) is 27.2 Å². The lowest BCUT2D eigenvalue weighted by molar-refractivity contribution is -0.122. The maximum Gasteiger partial charge on any atom is 0.229 e. The third kappa shape index (κ3) is 4.77. The maximum atomic E-state index is 12.8. The van der Waals surface area contributed by atoms with Gasteiger partial charge in [-0.05, 0) is 79.9 Å². The van der Waals surface area contributed by atoms with Crippen molar-refractivity contribution in [1.29, 1.82) is 0 Å². The van der Waals surface area contributed by atoms with Gasteiger partial charge >= 0.3 is 0 Å². The van der Waals surface area contributed by atoms with Gasteiger partial charge in [0.1, 0.15) is 11.5 Å². The van der Waals surface area contributed by atoms with Gasteiger partial charge in [-0.15, -0.1) is 0 Å². The zero-order valence-electron chi connectivity index (χ0n) is 18.0. The monoisotopic (exact) mass is 414 g/mol. The van der Waals surface area contributed by atoms with Gasteiger partial charge in [-0.25, -0.2) is 0 Å². The molecule has 1 aliphatic rings. The maximum absolute atomic E-state index is 12.8. The number of nitrogens with one attached hydrogen (secondary N) is 1. The number of carbonyl (C=O) groups excluding carboxylic acids is 2. The number of hydrogen-bond acceptors (Lipinski definition) is 3. The van der Waals surface area contributed by atoms with Crippen LogP contribution in [0.4, 0.5) is 11.4 Å². The van der Waals surface area contributed by atoms with E-state index < -0.39 is 0 Å². The number of rotatable bonds is 5. The Kier molecular flexibility index (Phi) is 5.76. The van der Waals surface area contributed by atoms with Crippen molar-refractivity contribution >= 4 is 23.2 Å². The number of hydrogen-bond donors (Lipinski definition) is 1. The molecule has 3 aromatic rings. The Balaban J connectivity index is 1.39. The molecule has 2 amide bonds. The fourth-order valence-corrected chi connectivity index (χ4v) is 3.79. The van der Waals surface area contributed by atoms with Crippen molar-refractivity contribution in [3.63, 3.8) is 0 Å². The molecular weight excluding hydrogens is 388 g/mol. The molecule has 5 nitrogen and oxygen atoms in total. The Morgan fingerprint density at radius 2 is 1.68 bits per heavy atom. The van der Waals surface area contributed by atoms with Crippen molar-refractivity contribution in [3.05, 3.63) is 83.4 Å². The van der Waals surface area contributed by atoms with Crippen LogP contribution in [-0.2, 0) is 9.59 Å². The normalized spacial score (nSPS) is 15.8. The van der Waals surface area contributed by atoms with Crippen molar-refractivity contribution in [1.82, 2.24) is 0 Å². The second kappa shape index (κ2) is 8.64. The standard InChI is InChI=1S/C26H26N2O3/c1-17-5-4-6-23(13-17)31-22-11-9-21(10-12-22)27-26(30)20-15-25(29)28(16-20)24-14-18(2)7-8-19(24)3/h4-14,20H,15-16H2,1-3H3,(H,27,30)/t20-/m0/s1. The highest BCUT2D eigenvalue weighted by Gasteiger charge is 2.35. The van der Waals surface area contributed by atoms with Crippen molar-refractivity contribution in [2.75, 3.05) is 16.8 Å². The third-order valence-corrected chi connectivity index (χ3v) is 5.50. The summed E-state index contributed by atoms with van der Waals surface area (Å²) in [4.78, 5) is 27.1. The number of benzene rings is 3. The summed E-state index contributed by atoms with van der Waals surface area (Å²) >= 11 is 0. The first-order valence-corrected chi connectivity index (χ1v) is 10.4. The number of anilines is 2.